The van der Waals surface area contributed by atoms with Gasteiger partial charge in [-0.2, -0.15) is 5.10 Å². The Kier molecular flexibility index (Phi) is 4.35. The molecule has 0 atom stereocenters. The van der Waals surface area contributed by atoms with E-state index in [1.807, 2.05) is 38.4 Å². The number of rotatable bonds is 5. The molecule has 0 radical (unpaired) electrons. The maximum absolute atomic E-state index is 12.1. The molecule has 0 saturated heterocycles. The van der Waals surface area contributed by atoms with E-state index in [1.165, 1.54) is 7.11 Å². The molecule has 7 heteroatoms. The quantitative estimate of drug-likeness (QED) is 0.667. The molecule has 24 heavy (non-hydrogen) atoms. The van der Waals surface area contributed by atoms with Gasteiger partial charge >= 0.3 is 5.97 Å². The minimum Gasteiger partial charge on any atom is -0.497 e. The van der Waals surface area contributed by atoms with Crippen LogP contribution in [0.4, 0.5) is 0 Å². The molecule has 0 unspecified atom stereocenters. The molecule has 2 heterocycles. The first-order chi connectivity index (χ1) is 11.5. The normalized spacial score (nSPS) is 11.4. The lowest BCUT2D eigenvalue weighted by Crippen LogP contribution is -2.19. The van der Waals surface area contributed by atoms with Crippen LogP contribution in [-0.4, -0.2) is 60.5 Å². The molecule has 0 amide bonds. The van der Waals surface area contributed by atoms with Gasteiger partial charge in [-0.05, 0) is 32.3 Å². The fourth-order valence-electron chi connectivity index (χ4n) is 2.55. The number of nitrogens with zero attached hydrogens (tertiary/aromatic N) is 4. The number of ether oxygens (including phenoxy) is 2. The Bertz CT molecular complexity index is 902. The van der Waals surface area contributed by atoms with Crippen LogP contribution in [0, 0.1) is 0 Å². The minimum atomic E-state index is -0.460. The van der Waals surface area contributed by atoms with E-state index in [4.69, 9.17) is 14.5 Å². The number of carbonyl (C=O) groups excluding carboxylic acids is 1. The number of benzene rings is 1. The predicted octanol–water partition coefficient (Wildman–Crippen LogP) is 1.94. The molecule has 126 valence electrons. The van der Waals surface area contributed by atoms with Crippen molar-refractivity contribution < 1.29 is 14.3 Å². The van der Waals surface area contributed by atoms with Crippen LogP contribution < -0.4 is 4.74 Å². The highest BCUT2D eigenvalue weighted by Gasteiger charge is 2.19. The van der Waals surface area contributed by atoms with Crippen LogP contribution in [0.25, 0.3) is 21.9 Å². The number of aromatic nitrogens is 3. The summed E-state index contributed by atoms with van der Waals surface area (Å²) in [5.74, 6) is 0.278. The van der Waals surface area contributed by atoms with Gasteiger partial charge < -0.3 is 14.4 Å². The Labute approximate surface area is 139 Å². The zero-order chi connectivity index (χ0) is 17.3. The number of carbonyl (C=O) groups is 1. The lowest BCUT2D eigenvalue weighted by atomic mass is 10.1. The van der Waals surface area contributed by atoms with E-state index < -0.39 is 5.97 Å². The summed E-state index contributed by atoms with van der Waals surface area (Å²) in [5, 5.41) is 6.03. The van der Waals surface area contributed by atoms with E-state index in [0.717, 1.165) is 23.2 Å². The second-order valence-electron chi connectivity index (χ2n) is 5.78. The van der Waals surface area contributed by atoms with Crippen molar-refractivity contribution >= 4 is 27.9 Å². The van der Waals surface area contributed by atoms with Gasteiger partial charge in [-0.15, -0.1) is 0 Å². The first-order valence-corrected chi connectivity index (χ1v) is 7.62. The Hall–Kier alpha value is -2.67. The van der Waals surface area contributed by atoms with Crippen LogP contribution in [0.2, 0.25) is 0 Å². The highest BCUT2D eigenvalue weighted by molar-refractivity contribution is 6.04. The van der Waals surface area contributed by atoms with E-state index in [0.29, 0.717) is 17.6 Å². The summed E-state index contributed by atoms with van der Waals surface area (Å²) in [6, 6.07) is 7.57. The Morgan fingerprint density at radius 1 is 1.25 bits per heavy atom. The van der Waals surface area contributed by atoms with Gasteiger partial charge in [0.05, 0.1) is 31.7 Å². The van der Waals surface area contributed by atoms with Gasteiger partial charge in [-0.1, -0.05) is 0 Å². The van der Waals surface area contributed by atoms with Gasteiger partial charge in [-0.25, -0.2) is 14.5 Å². The fourth-order valence-corrected chi connectivity index (χ4v) is 2.55. The van der Waals surface area contributed by atoms with Gasteiger partial charge in [0.2, 0.25) is 0 Å². The van der Waals surface area contributed by atoms with E-state index >= 15 is 0 Å². The highest BCUT2D eigenvalue weighted by atomic mass is 16.5. The number of hydrogen-bond donors (Lipinski definition) is 0. The molecule has 2 aromatic heterocycles. The Balaban J connectivity index is 2.21. The summed E-state index contributed by atoms with van der Waals surface area (Å²) in [6.45, 7) is 1.41. The molecule has 1 aromatic carbocycles. The van der Waals surface area contributed by atoms with Crippen LogP contribution in [0.3, 0.4) is 0 Å². The van der Waals surface area contributed by atoms with Crippen molar-refractivity contribution in [1.29, 1.82) is 0 Å². The number of pyridine rings is 1. The van der Waals surface area contributed by atoms with Crippen LogP contribution >= 0.6 is 0 Å². The predicted molar refractivity (Wildman–Crippen MR) is 91.5 cm³/mol. The molecule has 0 aliphatic carbocycles. The van der Waals surface area contributed by atoms with Crippen molar-refractivity contribution in [1.82, 2.24) is 19.7 Å². The van der Waals surface area contributed by atoms with E-state index in [1.54, 1.807) is 11.8 Å². The molecule has 0 bridgehead atoms. The zero-order valence-corrected chi connectivity index (χ0v) is 14.2. The monoisotopic (exact) mass is 328 g/mol. The SMILES string of the molecule is COC(=O)c1nn(CCN(C)C)c2nc3cc(OC)ccc3cc12. The Morgan fingerprint density at radius 2 is 2.04 bits per heavy atom. The molecule has 3 rings (SSSR count). The number of likely N-dealkylation sites (N-methyl/N-ethyl adjacent to an activating group) is 1. The van der Waals surface area contributed by atoms with E-state index in [-0.39, 0.29) is 5.69 Å². The minimum absolute atomic E-state index is 0.288. The fraction of sp³-hybridized carbons (Fsp3) is 0.353. The first kappa shape index (κ1) is 16.2. The van der Waals surface area contributed by atoms with Crippen molar-refractivity contribution in [2.75, 3.05) is 34.9 Å². The number of fused-ring (bicyclic) bond motifs is 2. The molecule has 0 spiro atoms. The third-order valence-electron chi connectivity index (χ3n) is 3.86. The van der Waals surface area contributed by atoms with Crippen molar-refractivity contribution in [3.8, 4) is 5.75 Å². The highest BCUT2D eigenvalue weighted by Crippen LogP contribution is 2.26. The molecule has 0 saturated carbocycles. The van der Waals surface area contributed by atoms with Crippen molar-refractivity contribution in [3.05, 3.63) is 30.0 Å². The summed E-state index contributed by atoms with van der Waals surface area (Å²) in [6.07, 6.45) is 0. The topological polar surface area (TPSA) is 69.5 Å². The second-order valence-corrected chi connectivity index (χ2v) is 5.78. The average Bonchev–Trinajstić information content (AvgIpc) is 2.94. The summed E-state index contributed by atoms with van der Waals surface area (Å²) < 4.78 is 11.9. The van der Waals surface area contributed by atoms with Crippen LogP contribution in [0.5, 0.6) is 5.75 Å². The molecule has 0 fully saturated rings. The molecular weight excluding hydrogens is 308 g/mol. The maximum Gasteiger partial charge on any atom is 0.359 e. The summed E-state index contributed by atoms with van der Waals surface area (Å²) in [5.41, 5.74) is 1.75. The van der Waals surface area contributed by atoms with Crippen molar-refractivity contribution in [3.63, 3.8) is 0 Å². The second kappa shape index (κ2) is 6.45. The van der Waals surface area contributed by atoms with Gasteiger partial charge in [-0.3, -0.25) is 0 Å². The van der Waals surface area contributed by atoms with Gasteiger partial charge in [0.15, 0.2) is 11.3 Å². The summed E-state index contributed by atoms with van der Waals surface area (Å²) in [7, 11) is 6.95. The Morgan fingerprint density at radius 3 is 2.71 bits per heavy atom. The van der Waals surface area contributed by atoms with Crippen LogP contribution in [0.15, 0.2) is 24.3 Å². The van der Waals surface area contributed by atoms with E-state index in [9.17, 15) is 4.79 Å². The number of methoxy groups -OCH3 is 2. The van der Waals surface area contributed by atoms with Crippen molar-refractivity contribution in [2.45, 2.75) is 6.54 Å². The molecular formula is C17H20N4O3. The summed E-state index contributed by atoms with van der Waals surface area (Å²) >= 11 is 0. The van der Waals surface area contributed by atoms with Gasteiger partial charge in [0.25, 0.3) is 0 Å². The molecule has 0 aliphatic rings. The van der Waals surface area contributed by atoms with Crippen LogP contribution in [-0.2, 0) is 11.3 Å². The average molecular weight is 328 g/mol. The standard InChI is InChI=1S/C17H20N4O3/c1-20(2)7-8-21-16-13(15(19-21)17(22)24-4)9-11-5-6-12(23-3)10-14(11)18-16/h5-6,9-10H,7-8H2,1-4H3. The maximum atomic E-state index is 12.1. The lowest BCUT2D eigenvalue weighted by Gasteiger charge is -2.09. The van der Waals surface area contributed by atoms with Crippen molar-refractivity contribution in [2.24, 2.45) is 0 Å². The smallest absolute Gasteiger partial charge is 0.359 e. The largest absolute Gasteiger partial charge is 0.497 e. The zero-order valence-electron chi connectivity index (χ0n) is 14.2. The third kappa shape index (κ3) is 2.90. The van der Waals surface area contributed by atoms with Crippen LogP contribution in [0.1, 0.15) is 10.5 Å². The third-order valence-corrected chi connectivity index (χ3v) is 3.86. The number of hydrogen-bond acceptors (Lipinski definition) is 6. The molecule has 0 aliphatic heterocycles. The van der Waals surface area contributed by atoms with Gasteiger partial charge in [0.1, 0.15) is 5.75 Å². The lowest BCUT2D eigenvalue weighted by molar-refractivity contribution is 0.0595. The van der Waals surface area contributed by atoms with Gasteiger partial charge in [0, 0.05) is 18.0 Å². The molecule has 7 nitrogen and oxygen atoms in total. The molecule has 0 N–H and O–H groups in total. The first-order valence-electron chi connectivity index (χ1n) is 7.62. The van der Waals surface area contributed by atoms with E-state index in [2.05, 4.69) is 10.00 Å². The summed E-state index contributed by atoms with van der Waals surface area (Å²) in [4.78, 5) is 18.8. The number of esters is 1. The molecule has 3 aromatic rings.